The zero-order valence-corrected chi connectivity index (χ0v) is 13.1. The Morgan fingerprint density at radius 3 is 2.80 bits per heavy atom. The molecule has 0 spiro atoms. The van der Waals surface area contributed by atoms with E-state index in [2.05, 4.69) is 14.0 Å². The van der Waals surface area contributed by atoms with Crippen molar-refractivity contribution < 1.29 is 4.79 Å². The van der Waals surface area contributed by atoms with Gasteiger partial charge in [0, 0.05) is 0 Å². The first kappa shape index (κ1) is 15.4. The van der Waals surface area contributed by atoms with Gasteiger partial charge in [0.05, 0.1) is 33.1 Å². The molecule has 1 aromatic carbocycles. The first-order valence-corrected chi connectivity index (χ1v) is 7.70. The summed E-state index contributed by atoms with van der Waals surface area (Å²) in [6, 6.07) is 0.975. The molecule has 1 heterocycles. The summed E-state index contributed by atoms with van der Waals surface area (Å²) in [5.74, 6) is -0.281. The number of rotatable bonds is 5. The van der Waals surface area contributed by atoms with Crippen LogP contribution in [0, 0.1) is 0 Å². The van der Waals surface area contributed by atoms with Crippen molar-refractivity contribution in [1.82, 2.24) is 0 Å². The van der Waals surface area contributed by atoms with Crippen LogP contribution in [0.15, 0.2) is 14.8 Å². The van der Waals surface area contributed by atoms with E-state index >= 15 is 0 Å². The standard InChI is InChI=1S/C12H14Cl2N4OS/c1-2-3-4-8(15)12(19)16-9-6(13)5-7(14)10-11(9)18-20-17-10/h5,8H,2-4,15H2,1H3,(H,16,19)/t8-/m0/s1. The van der Waals surface area contributed by atoms with Gasteiger partial charge in [-0.2, -0.15) is 8.73 Å². The maximum absolute atomic E-state index is 12.0. The smallest absolute Gasteiger partial charge is 0.241 e. The van der Waals surface area contributed by atoms with E-state index < -0.39 is 6.04 Å². The molecule has 0 aliphatic carbocycles. The first-order chi connectivity index (χ1) is 9.54. The maximum atomic E-state index is 12.0. The van der Waals surface area contributed by atoms with Crippen molar-refractivity contribution in [3.63, 3.8) is 0 Å². The van der Waals surface area contributed by atoms with Crippen LogP contribution in [-0.4, -0.2) is 11.9 Å². The van der Waals surface area contributed by atoms with Crippen LogP contribution >= 0.6 is 23.2 Å². The van der Waals surface area contributed by atoms with Gasteiger partial charge in [0.1, 0.15) is 11.4 Å². The number of fused-ring (bicyclic) bond motifs is 1. The number of carbonyl (C=O) groups excluding carboxylic acids is 1. The molecule has 0 fully saturated rings. The highest BCUT2D eigenvalue weighted by Crippen LogP contribution is 2.47. The number of halogens is 2. The van der Waals surface area contributed by atoms with Crippen molar-refractivity contribution in [2.24, 2.45) is 14.5 Å². The second kappa shape index (κ2) is 6.67. The Balaban J connectivity index is 2.21. The van der Waals surface area contributed by atoms with Gasteiger partial charge in [-0.15, -0.1) is 0 Å². The molecule has 1 amide bonds. The average Bonchev–Trinajstić information content (AvgIpc) is 2.90. The molecule has 0 bridgehead atoms. The highest BCUT2D eigenvalue weighted by atomic mass is 35.5. The lowest BCUT2D eigenvalue weighted by Crippen LogP contribution is -2.35. The van der Waals surface area contributed by atoms with Gasteiger partial charge < -0.3 is 11.1 Å². The molecule has 0 saturated carbocycles. The van der Waals surface area contributed by atoms with Crippen molar-refractivity contribution in [1.29, 1.82) is 0 Å². The molecule has 1 aliphatic rings. The number of nitrogens with two attached hydrogens (primary N) is 1. The number of unbranched alkanes of at least 4 members (excludes halogenated alkanes) is 1. The normalized spacial score (nSPS) is 13.8. The highest BCUT2D eigenvalue weighted by Gasteiger charge is 2.22. The zero-order valence-electron chi connectivity index (χ0n) is 10.8. The van der Waals surface area contributed by atoms with Crippen molar-refractivity contribution in [3.05, 3.63) is 16.1 Å². The summed E-state index contributed by atoms with van der Waals surface area (Å²) < 4.78 is 8.20. The summed E-state index contributed by atoms with van der Waals surface area (Å²) in [5.41, 5.74) is 7.27. The molecular formula is C12H14Cl2N4OS. The minimum absolute atomic E-state index is 0.281. The Morgan fingerprint density at radius 1 is 1.40 bits per heavy atom. The topological polar surface area (TPSA) is 79.8 Å². The van der Waals surface area contributed by atoms with Gasteiger partial charge in [-0.25, -0.2) is 0 Å². The lowest BCUT2D eigenvalue weighted by atomic mass is 10.1. The Bertz CT molecular complexity index is 614. The van der Waals surface area contributed by atoms with E-state index in [0.717, 1.165) is 24.2 Å². The quantitative estimate of drug-likeness (QED) is 0.861. The summed E-state index contributed by atoms with van der Waals surface area (Å²) in [6.45, 7) is 2.05. The van der Waals surface area contributed by atoms with Gasteiger partial charge in [0.25, 0.3) is 0 Å². The number of benzene rings is 1. The number of hydrogen-bond donors (Lipinski definition) is 2. The molecule has 0 unspecified atom stereocenters. The molecule has 5 nitrogen and oxygen atoms in total. The second-order valence-corrected chi connectivity index (χ2v) is 5.76. The van der Waals surface area contributed by atoms with Crippen LogP contribution in [0.1, 0.15) is 26.2 Å². The molecule has 3 N–H and O–H groups in total. The number of nitrogens with zero attached hydrogens (tertiary/aromatic N) is 2. The Labute approximate surface area is 130 Å². The minimum Gasteiger partial charge on any atom is -0.322 e. The largest absolute Gasteiger partial charge is 0.322 e. The van der Waals surface area contributed by atoms with Crippen LogP contribution in [0.2, 0.25) is 10.0 Å². The Morgan fingerprint density at radius 2 is 2.10 bits per heavy atom. The predicted octanol–water partition coefficient (Wildman–Crippen LogP) is 4.18. The van der Waals surface area contributed by atoms with Crippen LogP contribution in [-0.2, 0) is 16.1 Å². The van der Waals surface area contributed by atoms with Crippen LogP contribution < -0.4 is 11.1 Å². The van der Waals surface area contributed by atoms with E-state index in [9.17, 15) is 4.79 Å². The van der Waals surface area contributed by atoms with Crippen LogP contribution in [0.25, 0.3) is 0 Å². The number of hydrogen-bond acceptors (Lipinski definition) is 4. The minimum atomic E-state index is -0.566. The summed E-state index contributed by atoms with van der Waals surface area (Å²) in [5, 5.41) is 3.46. The van der Waals surface area contributed by atoms with E-state index in [1.807, 2.05) is 6.92 Å². The molecule has 2 rings (SSSR count). The second-order valence-electron chi connectivity index (χ2n) is 4.41. The average molecular weight is 333 g/mol. The van der Waals surface area contributed by atoms with Gasteiger partial charge in [-0.3, -0.25) is 4.79 Å². The third kappa shape index (κ3) is 3.20. The SMILES string of the molecule is CCCC[C@H](N)C(=O)Nc1c(Cl)cc(Cl)c2c1N=S=N2. The number of nitrogens with one attached hydrogen (secondary N) is 1. The van der Waals surface area contributed by atoms with Crippen LogP contribution in [0.5, 0.6) is 0 Å². The molecule has 0 radical (unpaired) electrons. The van der Waals surface area contributed by atoms with E-state index in [1.165, 1.54) is 0 Å². The van der Waals surface area contributed by atoms with Gasteiger partial charge in [0.15, 0.2) is 0 Å². The summed E-state index contributed by atoms with van der Waals surface area (Å²) in [7, 11) is 0. The van der Waals surface area contributed by atoms with Gasteiger partial charge in [0.2, 0.25) is 5.91 Å². The fraction of sp³-hybridized carbons (Fsp3) is 0.417. The number of carbonyl (C=O) groups is 1. The van der Waals surface area contributed by atoms with Gasteiger partial charge in [-0.05, 0) is 12.5 Å². The third-order valence-electron chi connectivity index (χ3n) is 2.90. The van der Waals surface area contributed by atoms with E-state index in [1.54, 1.807) is 6.07 Å². The van der Waals surface area contributed by atoms with Crippen molar-refractivity contribution >= 4 is 57.5 Å². The lowest BCUT2D eigenvalue weighted by Gasteiger charge is -2.14. The monoisotopic (exact) mass is 332 g/mol. The van der Waals surface area contributed by atoms with Gasteiger partial charge in [-0.1, -0.05) is 43.0 Å². The third-order valence-corrected chi connectivity index (χ3v) is 4.01. The van der Waals surface area contributed by atoms with Crippen LogP contribution in [0.4, 0.5) is 17.1 Å². The maximum Gasteiger partial charge on any atom is 0.241 e. The molecule has 108 valence electrons. The Kier molecular flexibility index (Phi) is 5.15. The lowest BCUT2D eigenvalue weighted by molar-refractivity contribution is -0.117. The van der Waals surface area contributed by atoms with E-state index in [0.29, 0.717) is 33.5 Å². The molecule has 1 aliphatic heterocycles. The molecule has 8 heteroatoms. The summed E-state index contributed by atoms with van der Waals surface area (Å²) >= 11 is 13.2. The van der Waals surface area contributed by atoms with Crippen LogP contribution in [0.3, 0.4) is 0 Å². The summed E-state index contributed by atoms with van der Waals surface area (Å²) in [6.07, 6.45) is 2.52. The van der Waals surface area contributed by atoms with E-state index in [4.69, 9.17) is 28.9 Å². The molecule has 0 aromatic heterocycles. The van der Waals surface area contributed by atoms with Crippen molar-refractivity contribution in [2.45, 2.75) is 32.2 Å². The first-order valence-electron chi connectivity index (χ1n) is 6.21. The molecule has 1 atom stereocenters. The molecule has 1 aromatic rings. The fourth-order valence-electron chi connectivity index (χ4n) is 1.76. The van der Waals surface area contributed by atoms with Crippen molar-refractivity contribution in [2.75, 3.05) is 5.32 Å². The van der Waals surface area contributed by atoms with E-state index in [-0.39, 0.29) is 5.91 Å². The summed E-state index contributed by atoms with van der Waals surface area (Å²) in [4.78, 5) is 12.0. The number of anilines is 1. The molecular weight excluding hydrogens is 319 g/mol. The number of amides is 1. The van der Waals surface area contributed by atoms with Gasteiger partial charge >= 0.3 is 0 Å². The molecule has 20 heavy (non-hydrogen) atoms. The Hall–Kier alpha value is -0.950. The fourth-order valence-corrected chi connectivity index (χ4v) is 2.92. The predicted molar refractivity (Wildman–Crippen MR) is 84.1 cm³/mol. The highest BCUT2D eigenvalue weighted by molar-refractivity contribution is 7.58. The zero-order chi connectivity index (χ0) is 14.7. The van der Waals surface area contributed by atoms with Crippen molar-refractivity contribution in [3.8, 4) is 0 Å². The molecule has 0 saturated heterocycles.